The highest BCUT2D eigenvalue weighted by Crippen LogP contribution is 2.23. The molecule has 0 bridgehead atoms. The Balaban J connectivity index is 2.92. The van der Waals surface area contributed by atoms with E-state index in [-0.39, 0.29) is 11.5 Å². The normalized spacial score (nSPS) is 12.6. The highest BCUT2D eigenvalue weighted by atomic mass is 19.3. The van der Waals surface area contributed by atoms with Crippen molar-refractivity contribution in [2.24, 2.45) is 0 Å². The summed E-state index contributed by atoms with van der Waals surface area (Å²) in [4.78, 5) is 11.2. The molecular formula is C11H12F2O3. The number of halogens is 2. The summed E-state index contributed by atoms with van der Waals surface area (Å²) in [7, 11) is 1.38. The van der Waals surface area contributed by atoms with E-state index >= 15 is 0 Å². The van der Waals surface area contributed by atoms with Crippen molar-refractivity contribution in [3.8, 4) is 5.75 Å². The lowest BCUT2D eigenvalue weighted by molar-refractivity contribution is -0.126. The summed E-state index contributed by atoms with van der Waals surface area (Å²) in [5, 5.41) is 0. The van der Waals surface area contributed by atoms with E-state index in [1.54, 1.807) is 6.07 Å². The number of ketones is 1. The first-order valence-corrected chi connectivity index (χ1v) is 4.62. The second kappa shape index (κ2) is 5.55. The Kier molecular flexibility index (Phi) is 4.37. The van der Waals surface area contributed by atoms with E-state index in [1.165, 1.54) is 32.2 Å². The number of Topliss-reactive ketones (excluding diaryl/α,β-unsaturated/α-hetero) is 1. The Labute approximate surface area is 92.0 Å². The van der Waals surface area contributed by atoms with Crippen molar-refractivity contribution in [1.82, 2.24) is 0 Å². The van der Waals surface area contributed by atoms with Crippen LogP contribution in [0, 0.1) is 0 Å². The molecule has 0 spiro atoms. The molecule has 1 atom stereocenters. The largest absolute Gasteiger partial charge is 0.435 e. The van der Waals surface area contributed by atoms with Crippen LogP contribution in [0.2, 0.25) is 0 Å². The number of rotatable bonds is 5. The number of ether oxygens (including phenoxy) is 2. The Hall–Kier alpha value is -1.49. The van der Waals surface area contributed by atoms with E-state index in [2.05, 4.69) is 4.74 Å². The van der Waals surface area contributed by atoms with Gasteiger partial charge >= 0.3 is 6.61 Å². The molecule has 88 valence electrons. The first-order chi connectivity index (χ1) is 7.54. The van der Waals surface area contributed by atoms with Crippen LogP contribution in [0.4, 0.5) is 8.78 Å². The van der Waals surface area contributed by atoms with Crippen LogP contribution in [0.3, 0.4) is 0 Å². The molecule has 0 aliphatic carbocycles. The number of alkyl halides is 2. The quantitative estimate of drug-likeness (QED) is 0.779. The minimum Gasteiger partial charge on any atom is -0.435 e. The second-order valence-electron chi connectivity index (χ2n) is 3.18. The monoisotopic (exact) mass is 230 g/mol. The molecule has 0 aliphatic rings. The summed E-state index contributed by atoms with van der Waals surface area (Å²) < 4.78 is 33.1. The predicted molar refractivity (Wildman–Crippen MR) is 53.5 cm³/mol. The first kappa shape index (κ1) is 12.6. The molecule has 0 radical (unpaired) electrons. The van der Waals surface area contributed by atoms with Crippen molar-refractivity contribution < 1.29 is 23.0 Å². The molecule has 3 nitrogen and oxygen atoms in total. The first-order valence-electron chi connectivity index (χ1n) is 4.62. The van der Waals surface area contributed by atoms with Crippen LogP contribution in [0.1, 0.15) is 18.6 Å². The molecule has 1 aromatic rings. The number of methoxy groups -OCH3 is 1. The summed E-state index contributed by atoms with van der Waals surface area (Å²) in [6.07, 6.45) is -0.749. The van der Waals surface area contributed by atoms with Gasteiger partial charge in [-0.15, -0.1) is 0 Å². The third-order valence-corrected chi connectivity index (χ3v) is 1.99. The lowest BCUT2D eigenvalue weighted by atomic mass is 10.1. The van der Waals surface area contributed by atoms with Gasteiger partial charge in [-0.2, -0.15) is 8.78 Å². The molecular weight excluding hydrogens is 218 g/mol. The fourth-order valence-corrected chi connectivity index (χ4v) is 1.39. The third-order valence-electron chi connectivity index (χ3n) is 1.99. The van der Waals surface area contributed by atoms with Gasteiger partial charge in [0, 0.05) is 7.11 Å². The number of carbonyl (C=O) groups excluding carboxylic acids is 1. The van der Waals surface area contributed by atoms with Crippen molar-refractivity contribution in [3.63, 3.8) is 0 Å². The molecule has 0 aliphatic heterocycles. The number of carbonyl (C=O) groups is 1. The zero-order valence-corrected chi connectivity index (χ0v) is 8.94. The molecule has 5 heteroatoms. The zero-order chi connectivity index (χ0) is 12.1. The van der Waals surface area contributed by atoms with Gasteiger partial charge in [0.15, 0.2) is 5.78 Å². The highest BCUT2D eigenvalue weighted by Gasteiger charge is 2.16. The van der Waals surface area contributed by atoms with Crippen molar-refractivity contribution in [2.75, 3.05) is 7.11 Å². The van der Waals surface area contributed by atoms with Crippen molar-refractivity contribution in [3.05, 3.63) is 29.8 Å². The van der Waals surface area contributed by atoms with Crippen LogP contribution in [0.25, 0.3) is 0 Å². The van der Waals surface area contributed by atoms with E-state index in [9.17, 15) is 13.6 Å². The number of hydrogen-bond acceptors (Lipinski definition) is 3. The Morgan fingerprint density at radius 3 is 2.56 bits per heavy atom. The maximum absolute atomic E-state index is 12.0. The molecule has 0 aromatic heterocycles. The molecule has 0 unspecified atom stereocenters. The second-order valence-corrected chi connectivity index (χ2v) is 3.18. The van der Waals surface area contributed by atoms with Crippen molar-refractivity contribution >= 4 is 5.78 Å². The topological polar surface area (TPSA) is 35.5 Å². The highest BCUT2D eigenvalue weighted by molar-refractivity contribution is 5.82. The average molecular weight is 230 g/mol. The third kappa shape index (κ3) is 3.27. The van der Waals surface area contributed by atoms with Gasteiger partial charge in [-0.3, -0.25) is 4.79 Å². The van der Waals surface area contributed by atoms with Crippen LogP contribution in [-0.2, 0) is 9.53 Å². The molecule has 0 N–H and O–H groups in total. The van der Waals surface area contributed by atoms with Gasteiger partial charge in [-0.1, -0.05) is 12.1 Å². The summed E-state index contributed by atoms with van der Waals surface area (Å²) in [5.41, 5.74) is 0.494. The lowest BCUT2D eigenvalue weighted by Crippen LogP contribution is -2.11. The maximum atomic E-state index is 12.0. The fraction of sp³-hybridized carbons (Fsp3) is 0.364. The Bertz CT molecular complexity index is 366. The van der Waals surface area contributed by atoms with Gasteiger partial charge in [0.05, 0.1) is 0 Å². The smallest absolute Gasteiger partial charge is 0.387 e. The van der Waals surface area contributed by atoms with E-state index in [0.29, 0.717) is 5.56 Å². The van der Waals surface area contributed by atoms with Gasteiger partial charge < -0.3 is 9.47 Å². The maximum Gasteiger partial charge on any atom is 0.387 e. The number of hydrogen-bond donors (Lipinski definition) is 0. The van der Waals surface area contributed by atoms with Crippen LogP contribution >= 0.6 is 0 Å². The van der Waals surface area contributed by atoms with Gasteiger partial charge in [-0.25, -0.2) is 0 Å². The summed E-state index contributed by atoms with van der Waals surface area (Å²) in [6, 6.07) is 5.90. The molecule has 0 saturated heterocycles. The molecule has 1 rings (SSSR count). The molecule has 0 saturated carbocycles. The zero-order valence-electron chi connectivity index (χ0n) is 8.94. The van der Waals surface area contributed by atoms with Crippen LogP contribution in [0.15, 0.2) is 24.3 Å². The van der Waals surface area contributed by atoms with Gasteiger partial charge in [-0.05, 0) is 24.6 Å². The van der Waals surface area contributed by atoms with Crippen LogP contribution in [0.5, 0.6) is 5.75 Å². The fourth-order valence-electron chi connectivity index (χ4n) is 1.39. The predicted octanol–water partition coefficient (Wildman–Crippen LogP) is 2.56. The summed E-state index contributed by atoms with van der Waals surface area (Å²) >= 11 is 0. The molecule has 0 heterocycles. The van der Waals surface area contributed by atoms with Gasteiger partial charge in [0.1, 0.15) is 11.9 Å². The van der Waals surface area contributed by atoms with Crippen LogP contribution < -0.4 is 4.74 Å². The SMILES string of the molecule is CO[C@H](C(C)=O)c1cccc(OC(F)F)c1. The standard InChI is InChI=1S/C11H12F2O3/c1-7(14)10(15-2)8-4-3-5-9(6-8)16-11(12)13/h3-6,10-11H,1-2H3/t10-/m1/s1. The van der Waals surface area contributed by atoms with Gasteiger partial charge in [0.25, 0.3) is 0 Å². The van der Waals surface area contributed by atoms with Crippen molar-refractivity contribution in [2.45, 2.75) is 19.6 Å². The van der Waals surface area contributed by atoms with Crippen LogP contribution in [-0.4, -0.2) is 19.5 Å². The summed E-state index contributed by atoms with van der Waals surface area (Å²) in [5.74, 6) is -0.188. The molecule has 0 fully saturated rings. The minimum absolute atomic E-state index is 0.0100. The summed E-state index contributed by atoms with van der Waals surface area (Å²) in [6.45, 7) is -1.51. The molecule has 1 aromatic carbocycles. The van der Waals surface area contributed by atoms with Crippen molar-refractivity contribution in [1.29, 1.82) is 0 Å². The average Bonchev–Trinajstić information content (AvgIpc) is 2.17. The van der Waals surface area contributed by atoms with E-state index in [0.717, 1.165) is 0 Å². The van der Waals surface area contributed by atoms with E-state index in [4.69, 9.17) is 4.74 Å². The Morgan fingerprint density at radius 1 is 1.38 bits per heavy atom. The lowest BCUT2D eigenvalue weighted by Gasteiger charge is -2.13. The van der Waals surface area contributed by atoms with Gasteiger partial charge in [0.2, 0.25) is 0 Å². The minimum atomic E-state index is -2.88. The molecule has 0 amide bonds. The number of benzene rings is 1. The molecule has 16 heavy (non-hydrogen) atoms. The van der Waals surface area contributed by atoms with E-state index < -0.39 is 12.7 Å². The van der Waals surface area contributed by atoms with E-state index in [1.807, 2.05) is 0 Å². The Morgan fingerprint density at radius 2 is 2.06 bits per heavy atom.